The highest BCUT2D eigenvalue weighted by Gasteiger charge is 2.33. The number of nitrogens with zero attached hydrogens (tertiary/aromatic N) is 3. The van der Waals surface area contributed by atoms with Crippen molar-refractivity contribution in [3.63, 3.8) is 0 Å². The van der Waals surface area contributed by atoms with Gasteiger partial charge >= 0.3 is 12.2 Å². The normalized spacial score (nSPS) is 11.2. The van der Waals surface area contributed by atoms with Crippen molar-refractivity contribution in [2.75, 3.05) is 10.6 Å². The first kappa shape index (κ1) is 23.5. The van der Waals surface area contributed by atoms with Gasteiger partial charge in [-0.25, -0.2) is 4.79 Å². The van der Waals surface area contributed by atoms with Gasteiger partial charge in [-0.15, -0.1) is 0 Å². The molecule has 0 saturated heterocycles. The minimum atomic E-state index is -4.51. The number of ether oxygens (including phenoxy) is 1. The molecule has 0 bridgehead atoms. The van der Waals surface area contributed by atoms with E-state index in [1.54, 1.807) is 76.1 Å². The highest BCUT2D eigenvalue weighted by atomic mass is 127. The van der Waals surface area contributed by atoms with Gasteiger partial charge in [-0.1, -0.05) is 6.07 Å². The molecule has 2 aromatic heterocycles. The maximum absolute atomic E-state index is 13.1. The lowest BCUT2D eigenvalue weighted by molar-refractivity contribution is -0.138. The summed E-state index contributed by atoms with van der Waals surface area (Å²) in [4.78, 5) is 16.7. The van der Waals surface area contributed by atoms with Crippen LogP contribution < -0.4 is 15.4 Å². The molecule has 4 aromatic rings. The van der Waals surface area contributed by atoms with Gasteiger partial charge in [0.1, 0.15) is 11.5 Å². The fraction of sp³-hybridized carbons (Fsp3) is 0.0870. The van der Waals surface area contributed by atoms with Gasteiger partial charge in [-0.3, -0.25) is 9.67 Å². The Kier molecular flexibility index (Phi) is 6.72. The third-order valence-corrected chi connectivity index (χ3v) is 5.53. The predicted octanol–water partition coefficient (Wildman–Crippen LogP) is 6.54. The highest BCUT2D eigenvalue weighted by molar-refractivity contribution is 14.1. The number of halogens is 4. The fourth-order valence-electron chi connectivity index (χ4n) is 3.07. The Hall–Kier alpha value is -3.61. The molecule has 4 rings (SSSR count). The summed E-state index contributed by atoms with van der Waals surface area (Å²) in [6.45, 7) is 0. The Morgan fingerprint density at radius 1 is 1.03 bits per heavy atom. The number of anilines is 2. The number of benzene rings is 2. The van der Waals surface area contributed by atoms with Gasteiger partial charge in [0.05, 0.1) is 17.5 Å². The molecular formula is C23H17F3IN5O2. The molecule has 2 heterocycles. The van der Waals surface area contributed by atoms with Gasteiger partial charge in [0, 0.05) is 52.1 Å². The summed E-state index contributed by atoms with van der Waals surface area (Å²) >= 11 is 1.60. The number of aromatic nitrogens is 3. The standard InChI is InChI=1S/C23H17F3IN5O2/c1-32-13-14(12-29-32)21-11-18(7-8-28-21)34-17-4-2-3-15(9-17)30-22(33)31-16-5-6-20(27)19(10-16)23(24,25)26/h2-13H,1H3,(H2,30,31,33). The zero-order valence-electron chi connectivity index (χ0n) is 17.6. The third kappa shape index (κ3) is 5.84. The molecule has 0 radical (unpaired) electrons. The average molecular weight is 579 g/mol. The topological polar surface area (TPSA) is 81.1 Å². The number of urea groups is 1. The zero-order valence-corrected chi connectivity index (χ0v) is 19.8. The Labute approximate surface area is 206 Å². The molecule has 174 valence electrons. The van der Waals surface area contributed by atoms with Crippen molar-refractivity contribution in [1.29, 1.82) is 0 Å². The molecule has 2 N–H and O–H groups in total. The number of amides is 2. The Morgan fingerprint density at radius 2 is 1.76 bits per heavy atom. The van der Waals surface area contributed by atoms with E-state index >= 15 is 0 Å². The largest absolute Gasteiger partial charge is 0.457 e. The molecule has 0 aliphatic heterocycles. The SMILES string of the molecule is Cn1cc(-c2cc(Oc3cccc(NC(=O)Nc4ccc(I)c(C(F)(F)F)c4)c3)ccn2)cn1. The van der Waals surface area contributed by atoms with Crippen LogP contribution in [0.4, 0.5) is 29.3 Å². The summed E-state index contributed by atoms with van der Waals surface area (Å²) in [6, 6.07) is 13.0. The van der Waals surface area contributed by atoms with E-state index in [9.17, 15) is 18.0 Å². The lowest BCUT2D eigenvalue weighted by Crippen LogP contribution is -2.20. The van der Waals surface area contributed by atoms with Crippen LogP contribution in [-0.2, 0) is 13.2 Å². The van der Waals surface area contributed by atoms with Gasteiger partial charge in [0.25, 0.3) is 0 Å². The van der Waals surface area contributed by atoms with Crippen LogP contribution in [0.5, 0.6) is 11.5 Å². The van der Waals surface area contributed by atoms with E-state index in [0.717, 1.165) is 11.6 Å². The van der Waals surface area contributed by atoms with E-state index in [0.29, 0.717) is 22.9 Å². The van der Waals surface area contributed by atoms with Crippen LogP contribution >= 0.6 is 22.6 Å². The van der Waals surface area contributed by atoms with Crippen LogP contribution in [0, 0.1) is 3.57 Å². The summed E-state index contributed by atoms with van der Waals surface area (Å²) in [5.74, 6) is 0.990. The minimum absolute atomic E-state index is 0.0253. The van der Waals surface area contributed by atoms with Crippen molar-refractivity contribution in [3.8, 4) is 22.8 Å². The number of pyridine rings is 1. The van der Waals surface area contributed by atoms with Crippen LogP contribution in [-0.4, -0.2) is 20.8 Å². The second-order valence-corrected chi connectivity index (χ2v) is 8.34. The average Bonchev–Trinajstić information content (AvgIpc) is 3.21. The predicted molar refractivity (Wildman–Crippen MR) is 130 cm³/mol. The molecule has 7 nitrogen and oxygen atoms in total. The number of alkyl halides is 3. The number of hydrogen-bond donors (Lipinski definition) is 2. The van der Waals surface area contributed by atoms with Crippen LogP contribution in [0.15, 0.2) is 73.2 Å². The first-order valence-corrected chi connectivity index (χ1v) is 10.9. The first-order valence-electron chi connectivity index (χ1n) is 9.85. The number of carbonyl (C=O) groups excluding carboxylic acids is 1. The molecule has 0 unspecified atom stereocenters. The molecule has 11 heteroatoms. The molecule has 2 amide bonds. The smallest absolute Gasteiger partial charge is 0.417 e. The third-order valence-electron chi connectivity index (χ3n) is 4.59. The fourth-order valence-corrected chi connectivity index (χ4v) is 3.71. The Balaban J connectivity index is 1.44. The maximum Gasteiger partial charge on any atom is 0.417 e. The van der Waals surface area contributed by atoms with Gasteiger partial charge in [-0.05, 0) is 59.0 Å². The van der Waals surface area contributed by atoms with E-state index < -0.39 is 17.8 Å². The number of nitrogens with one attached hydrogen (secondary N) is 2. The Bertz CT molecular complexity index is 1340. The number of aryl methyl sites for hydroxylation is 1. The van der Waals surface area contributed by atoms with Gasteiger partial charge < -0.3 is 15.4 Å². The van der Waals surface area contributed by atoms with Crippen molar-refractivity contribution in [3.05, 3.63) is 82.3 Å². The van der Waals surface area contributed by atoms with Crippen LogP contribution in [0.1, 0.15) is 5.56 Å². The van der Waals surface area contributed by atoms with E-state index in [2.05, 4.69) is 20.7 Å². The highest BCUT2D eigenvalue weighted by Crippen LogP contribution is 2.34. The van der Waals surface area contributed by atoms with Crippen molar-refractivity contribution < 1.29 is 22.7 Å². The molecule has 0 saturated carbocycles. The molecule has 0 atom stereocenters. The van der Waals surface area contributed by atoms with Gasteiger partial charge in [-0.2, -0.15) is 18.3 Å². The molecule has 0 aliphatic rings. The molecule has 0 fully saturated rings. The number of rotatable bonds is 5. The summed E-state index contributed by atoms with van der Waals surface area (Å²) in [5.41, 5.74) is 1.14. The Morgan fingerprint density at radius 3 is 2.47 bits per heavy atom. The van der Waals surface area contributed by atoms with Crippen molar-refractivity contribution in [1.82, 2.24) is 14.8 Å². The molecule has 34 heavy (non-hydrogen) atoms. The molecule has 0 aliphatic carbocycles. The van der Waals surface area contributed by atoms with Crippen LogP contribution in [0.3, 0.4) is 0 Å². The summed E-state index contributed by atoms with van der Waals surface area (Å²) < 4.78 is 46.9. The second kappa shape index (κ2) is 9.71. The molecular weight excluding hydrogens is 562 g/mol. The first-order chi connectivity index (χ1) is 16.2. The lowest BCUT2D eigenvalue weighted by atomic mass is 10.2. The minimum Gasteiger partial charge on any atom is -0.457 e. The zero-order chi connectivity index (χ0) is 24.3. The number of hydrogen-bond acceptors (Lipinski definition) is 4. The van der Waals surface area contributed by atoms with E-state index in [1.807, 2.05) is 13.2 Å². The van der Waals surface area contributed by atoms with Crippen LogP contribution in [0.25, 0.3) is 11.3 Å². The molecule has 0 spiro atoms. The summed E-state index contributed by atoms with van der Waals surface area (Å²) in [7, 11) is 1.81. The van der Waals surface area contributed by atoms with Gasteiger partial charge in [0.15, 0.2) is 0 Å². The summed E-state index contributed by atoms with van der Waals surface area (Å²) in [5, 5.41) is 9.14. The number of carbonyl (C=O) groups is 1. The summed E-state index contributed by atoms with van der Waals surface area (Å²) in [6.07, 6.45) is 0.630. The van der Waals surface area contributed by atoms with Crippen molar-refractivity contribution in [2.45, 2.75) is 6.18 Å². The maximum atomic E-state index is 13.1. The van der Waals surface area contributed by atoms with E-state index in [4.69, 9.17) is 4.74 Å². The van der Waals surface area contributed by atoms with Crippen LogP contribution in [0.2, 0.25) is 0 Å². The van der Waals surface area contributed by atoms with Crippen molar-refractivity contribution in [2.24, 2.45) is 7.05 Å². The van der Waals surface area contributed by atoms with Crippen molar-refractivity contribution >= 4 is 40.0 Å². The lowest BCUT2D eigenvalue weighted by Gasteiger charge is -2.13. The van der Waals surface area contributed by atoms with E-state index in [1.165, 1.54) is 12.1 Å². The molecule has 2 aromatic carbocycles. The monoisotopic (exact) mass is 579 g/mol. The quantitative estimate of drug-likeness (QED) is 0.263. The second-order valence-electron chi connectivity index (χ2n) is 7.18. The van der Waals surface area contributed by atoms with E-state index in [-0.39, 0.29) is 9.26 Å². The van der Waals surface area contributed by atoms with Gasteiger partial charge in [0.2, 0.25) is 0 Å².